The van der Waals surface area contributed by atoms with Gasteiger partial charge in [-0.3, -0.25) is 10.1 Å². The van der Waals surface area contributed by atoms with Crippen molar-refractivity contribution in [3.8, 4) is 0 Å². The van der Waals surface area contributed by atoms with Crippen molar-refractivity contribution in [1.29, 1.82) is 0 Å². The highest BCUT2D eigenvalue weighted by molar-refractivity contribution is 14.1. The number of nitrogens with zero attached hydrogens (tertiary/aromatic N) is 1. The van der Waals surface area contributed by atoms with Gasteiger partial charge >= 0.3 is 0 Å². The van der Waals surface area contributed by atoms with E-state index in [1.807, 2.05) is 0 Å². The van der Waals surface area contributed by atoms with Crippen LogP contribution in [0.2, 0.25) is 0 Å². The number of ether oxygens (including phenoxy) is 1. The van der Waals surface area contributed by atoms with Crippen molar-refractivity contribution in [2.75, 3.05) is 25.1 Å². The molecule has 1 saturated heterocycles. The van der Waals surface area contributed by atoms with E-state index in [9.17, 15) is 14.5 Å². The van der Waals surface area contributed by atoms with Gasteiger partial charge in [-0.25, -0.2) is 4.39 Å². The highest BCUT2D eigenvalue weighted by Crippen LogP contribution is 2.29. The third-order valence-corrected chi connectivity index (χ3v) is 3.90. The van der Waals surface area contributed by atoms with Gasteiger partial charge in [-0.1, -0.05) is 0 Å². The van der Waals surface area contributed by atoms with Gasteiger partial charge in [-0.15, -0.1) is 0 Å². The van der Waals surface area contributed by atoms with Crippen LogP contribution in [0.25, 0.3) is 0 Å². The molecule has 0 aromatic heterocycles. The van der Waals surface area contributed by atoms with Gasteiger partial charge < -0.3 is 10.1 Å². The molecule has 1 unspecified atom stereocenters. The second kappa shape index (κ2) is 6.47. The SMILES string of the molecule is O=[N+]([O-])c1cc(I)c(F)cc1NCC1CCCOC1. The van der Waals surface area contributed by atoms with Crippen molar-refractivity contribution in [2.45, 2.75) is 12.8 Å². The van der Waals surface area contributed by atoms with E-state index in [1.165, 1.54) is 12.1 Å². The second-order valence-corrected chi connectivity index (χ2v) is 5.67. The summed E-state index contributed by atoms with van der Waals surface area (Å²) >= 11 is 1.74. The van der Waals surface area contributed by atoms with Gasteiger partial charge in [0.15, 0.2) is 0 Å². The summed E-state index contributed by atoms with van der Waals surface area (Å²) in [6.07, 6.45) is 2.02. The lowest BCUT2D eigenvalue weighted by atomic mass is 10.0. The zero-order valence-corrected chi connectivity index (χ0v) is 12.4. The molecule has 0 aliphatic carbocycles. The summed E-state index contributed by atoms with van der Waals surface area (Å²) in [6.45, 7) is 1.98. The number of nitrogens with one attached hydrogen (secondary N) is 1. The van der Waals surface area contributed by atoms with Crippen LogP contribution in [0.15, 0.2) is 12.1 Å². The van der Waals surface area contributed by atoms with Crippen molar-refractivity contribution in [2.24, 2.45) is 5.92 Å². The molecule has 0 radical (unpaired) electrons. The maximum Gasteiger partial charge on any atom is 0.293 e. The Bertz CT molecular complexity index is 478. The summed E-state index contributed by atoms with van der Waals surface area (Å²) in [7, 11) is 0. The minimum Gasteiger partial charge on any atom is -0.381 e. The highest BCUT2D eigenvalue weighted by atomic mass is 127. The molecule has 1 aromatic carbocycles. The number of rotatable bonds is 4. The van der Waals surface area contributed by atoms with Crippen LogP contribution < -0.4 is 5.32 Å². The molecule has 1 fully saturated rings. The Kier molecular flexibility index (Phi) is 4.92. The summed E-state index contributed by atoms with van der Waals surface area (Å²) < 4.78 is 19.1. The average Bonchev–Trinajstić information content (AvgIpc) is 2.40. The van der Waals surface area contributed by atoms with E-state index in [-0.39, 0.29) is 14.9 Å². The molecular formula is C12H14FIN2O3. The summed E-state index contributed by atoms with van der Waals surface area (Å²) in [5, 5.41) is 13.9. The molecule has 1 aliphatic heterocycles. The first-order valence-electron chi connectivity index (χ1n) is 6.03. The number of hydrogen-bond acceptors (Lipinski definition) is 4. The Labute approximate surface area is 123 Å². The predicted octanol–water partition coefficient (Wildman–Crippen LogP) is 3.18. The van der Waals surface area contributed by atoms with Gasteiger partial charge in [0.1, 0.15) is 11.5 Å². The summed E-state index contributed by atoms with van der Waals surface area (Å²) in [4.78, 5) is 10.5. The molecule has 0 bridgehead atoms. The molecule has 5 nitrogen and oxygen atoms in total. The van der Waals surface area contributed by atoms with Gasteiger partial charge in [0.2, 0.25) is 0 Å². The van der Waals surface area contributed by atoms with Gasteiger partial charge in [-0.2, -0.15) is 0 Å². The fraction of sp³-hybridized carbons (Fsp3) is 0.500. The Balaban J connectivity index is 2.09. The lowest BCUT2D eigenvalue weighted by molar-refractivity contribution is -0.384. The number of halogens is 2. The first kappa shape index (κ1) is 14.4. The van der Waals surface area contributed by atoms with Crippen molar-refractivity contribution in [3.05, 3.63) is 31.6 Å². The number of anilines is 1. The Morgan fingerprint density at radius 1 is 1.58 bits per heavy atom. The quantitative estimate of drug-likeness (QED) is 0.495. The van der Waals surface area contributed by atoms with E-state index in [4.69, 9.17) is 4.74 Å². The van der Waals surface area contributed by atoms with Crippen LogP contribution in [0.5, 0.6) is 0 Å². The highest BCUT2D eigenvalue weighted by Gasteiger charge is 2.19. The second-order valence-electron chi connectivity index (χ2n) is 4.50. The van der Waals surface area contributed by atoms with E-state index < -0.39 is 10.7 Å². The molecule has 2 rings (SSSR count). The molecule has 1 N–H and O–H groups in total. The Morgan fingerprint density at radius 2 is 2.37 bits per heavy atom. The van der Waals surface area contributed by atoms with Crippen LogP contribution in [0.4, 0.5) is 15.8 Å². The van der Waals surface area contributed by atoms with Crippen molar-refractivity contribution in [3.63, 3.8) is 0 Å². The van der Waals surface area contributed by atoms with E-state index in [0.29, 0.717) is 19.1 Å². The monoisotopic (exact) mass is 380 g/mol. The molecule has 1 aromatic rings. The molecule has 1 aliphatic rings. The maximum atomic E-state index is 13.5. The lowest BCUT2D eigenvalue weighted by Crippen LogP contribution is -2.24. The average molecular weight is 380 g/mol. The molecule has 104 valence electrons. The lowest BCUT2D eigenvalue weighted by Gasteiger charge is -2.22. The summed E-state index contributed by atoms with van der Waals surface area (Å²) in [5.41, 5.74) is 0.135. The van der Waals surface area contributed by atoms with E-state index in [0.717, 1.165) is 19.4 Å². The van der Waals surface area contributed by atoms with E-state index in [2.05, 4.69) is 5.32 Å². The van der Waals surface area contributed by atoms with E-state index in [1.54, 1.807) is 22.6 Å². The third-order valence-electron chi connectivity index (χ3n) is 3.07. The summed E-state index contributed by atoms with van der Waals surface area (Å²) in [5.74, 6) is -0.135. The fourth-order valence-electron chi connectivity index (χ4n) is 2.05. The van der Waals surface area contributed by atoms with Crippen LogP contribution in [-0.4, -0.2) is 24.7 Å². The molecule has 1 atom stereocenters. The third kappa shape index (κ3) is 3.75. The minimum absolute atomic E-state index is 0.0949. The normalized spacial score (nSPS) is 19.2. The van der Waals surface area contributed by atoms with Crippen molar-refractivity contribution >= 4 is 34.0 Å². The molecule has 0 saturated carbocycles. The van der Waals surface area contributed by atoms with Crippen LogP contribution in [0.3, 0.4) is 0 Å². The van der Waals surface area contributed by atoms with Crippen LogP contribution in [-0.2, 0) is 4.74 Å². The van der Waals surface area contributed by atoms with Crippen LogP contribution in [0.1, 0.15) is 12.8 Å². The molecular weight excluding hydrogens is 366 g/mol. The smallest absolute Gasteiger partial charge is 0.293 e. The molecule has 19 heavy (non-hydrogen) atoms. The topological polar surface area (TPSA) is 64.4 Å². The number of benzene rings is 1. The van der Waals surface area contributed by atoms with Gasteiger partial charge in [-0.05, 0) is 41.4 Å². The summed E-state index contributed by atoms with van der Waals surface area (Å²) in [6, 6.07) is 2.43. The maximum absolute atomic E-state index is 13.5. The van der Waals surface area contributed by atoms with Crippen molar-refractivity contribution < 1.29 is 14.1 Å². The van der Waals surface area contributed by atoms with E-state index >= 15 is 0 Å². The Morgan fingerprint density at radius 3 is 3.00 bits per heavy atom. The zero-order valence-electron chi connectivity index (χ0n) is 10.2. The predicted molar refractivity (Wildman–Crippen MR) is 77.8 cm³/mol. The molecule has 7 heteroatoms. The largest absolute Gasteiger partial charge is 0.381 e. The zero-order chi connectivity index (χ0) is 13.8. The molecule has 1 heterocycles. The molecule has 0 amide bonds. The first-order valence-corrected chi connectivity index (χ1v) is 7.11. The number of nitro groups is 1. The molecule has 0 spiro atoms. The number of hydrogen-bond donors (Lipinski definition) is 1. The van der Waals surface area contributed by atoms with Gasteiger partial charge in [0, 0.05) is 25.3 Å². The first-order chi connectivity index (χ1) is 9.08. The van der Waals surface area contributed by atoms with Gasteiger partial charge in [0.25, 0.3) is 5.69 Å². The number of nitro benzene ring substituents is 1. The Hall–Kier alpha value is -0.960. The van der Waals surface area contributed by atoms with Crippen LogP contribution >= 0.6 is 22.6 Å². The standard InChI is InChI=1S/C12H14FIN2O3/c13-9-4-11(12(16(17)18)5-10(9)14)15-6-8-2-1-3-19-7-8/h4-5,8,15H,1-3,6-7H2. The van der Waals surface area contributed by atoms with Gasteiger partial charge in [0.05, 0.1) is 15.1 Å². The fourth-order valence-corrected chi connectivity index (χ4v) is 2.50. The minimum atomic E-state index is -0.499. The van der Waals surface area contributed by atoms with Crippen molar-refractivity contribution in [1.82, 2.24) is 0 Å². The van der Waals surface area contributed by atoms with Crippen LogP contribution in [0, 0.1) is 25.4 Å².